The first-order valence-corrected chi connectivity index (χ1v) is 8.83. The number of aromatic nitrogens is 2. The maximum Gasteiger partial charge on any atom is 0.410 e. The highest BCUT2D eigenvalue weighted by Gasteiger charge is 2.44. The van der Waals surface area contributed by atoms with E-state index >= 15 is 0 Å². The molecule has 0 aliphatic carbocycles. The Balaban J connectivity index is 1.41. The third kappa shape index (κ3) is 3.18. The van der Waals surface area contributed by atoms with Crippen molar-refractivity contribution in [2.75, 3.05) is 26.7 Å². The molecule has 4 heterocycles. The summed E-state index contributed by atoms with van der Waals surface area (Å²) in [6, 6.07) is 3.54. The Bertz CT molecular complexity index is 800. The van der Waals surface area contributed by atoms with Gasteiger partial charge in [-0.05, 0) is 25.0 Å². The van der Waals surface area contributed by atoms with Crippen molar-refractivity contribution in [2.45, 2.75) is 31.4 Å². The second-order valence-corrected chi connectivity index (χ2v) is 7.05. The van der Waals surface area contributed by atoms with E-state index in [1.165, 1.54) is 0 Å². The molecule has 2 aliphatic heterocycles. The van der Waals surface area contributed by atoms with E-state index in [1.54, 1.807) is 35.4 Å². The molecule has 2 amide bonds. The number of carbonyl (C=O) groups is 2. The number of furan rings is 1. The number of hydrogen-bond donors (Lipinski definition) is 0. The maximum atomic E-state index is 12.8. The molecule has 1 spiro atoms. The SMILES string of the molecule is CN1C[C@]2(CCCN(C(=O)c3ccc(Cn4ccnc4)o3)CC2)OC1=O. The molecule has 138 valence electrons. The Hall–Kier alpha value is -2.77. The molecule has 0 bridgehead atoms. The Morgan fingerprint density at radius 1 is 1.31 bits per heavy atom. The lowest BCUT2D eigenvalue weighted by Crippen LogP contribution is -2.36. The average Bonchev–Trinajstić information content (AvgIpc) is 3.31. The molecule has 2 aromatic heterocycles. The van der Waals surface area contributed by atoms with E-state index in [-0.39, 0.29) is 12.0 Å². The van der Waals surface area contributed by atoms with E-state index in [1.807, 2.05) is 16.8 Å². The van der Waals surface area contributed by atoms with E-state index in [2.05, 4.69) is 4.98 Å². The third-order valence-electron chi connectivity index (χ3n) is 5.10. The van der Waals surface area contributed by atoms with Crippen molar-refractivity contribution in [3.8, 4) is 0 Å². The molecule has 8 nitrogen and oxygen atoms in total. The fourth-order valence-electron chi connectivity index (χ4n) is 3.72. The molecular formula is C18H22N4O4. The van der Waals surface area contributed by atoms with Crippen LogP contribution < -0.4 is 0 Å². The lowest BCUT2D eigenvalue weighted by molar-refractivity contribution is 0.0435. The number of imidazole rings is 1. The summed E-state index contributed by atoms with van der Waals surface area (Å²) in [5.74, 6) is 0.942. The highest BCUT2D eigenvalue weighted by atomic mass is 16.6. The molecule has 0 radical (unpaired) electrons. The Kier molecular flexibility index (Phi) is 4.18. The second-order valence-electron chi connectivity index (χ2n) is 7.05. The van der Waals surface area contributed by atoms with Crippen LogP contribution >= 0.6 is 0 Å². The Morgan fingerprint density at radius 3 is 2.92 bits per heavy atom. The van der Waals surface area contributed by atoms with Crippen LogP contribution in [0.25, 0.3) is 0 Å². The molecule has 0 N–H and O–H groups in total. The van der Waals surface area contributed by atoms with Crippen LogP contribution in [-0.4, -0.2) is 63.6 Å². The van der Waals surface area contributed by atoms with Crippen LogP contribution in [0.15, 0.2) is 35.3 Å². The van der Waals surface area contributed by atoms with Crippen LogP contribution in [0.2, 0.25) is 0 Å². The lowest BCUT2D eigenvalue weighted by atomic mass is 9.95. The summed E-state index contributed by atoms with van der Waals surface area (Å²) in [5.41, 5.74) is -0.462. The van der Waals surface area contributed by atoms with Gasteiger partial charge in [0.1, 0.15) is 11.4 Å². The van der Waals surface area contributed by atoms with Gasteiger partial charge in [-0.3, -0.25) is 4.79 Å². The standard InChI is InChI=1S/C18H22N4O4/c1-20-12-18(26-17(20)24)5-2-8-22(9-6-18)16(23)15-4-3-14(25-15)11-21-10-7-19-13-21/h3-4,7,10,13H,2,5-6,8-9,11-12H2,1H3/t18-/m1/s1. The number of likely N-dealkylation sites (N-methyl/N-ethyl adjacent to an activating group) is 1. The fourth-order valence-corrected chi connectivity index (χ4v) is 3.72. The molecular weight excluding hydrogens is 336 g/mol. The quantitative estimate of drug-likeness (QED) is 0.838. The summed E-state index contributed by atoms with van der Waals surface area (Å²) in [4.78, 5) is 31.9. The third-order valence-corrected chi connectivity index (χ3v) is 5.10. The molecule has 2 aliphatic rings. The minimum absolute atomic E-state index is 0.114. The molecule has 2 saturated heterocycles. The van der Waals surface area contributed by atoms with Gasteiger partial charge in [-0.25, -0.2) is 9.78 Å². The van der Waals surface area contributed by atoms with Crippen molar-refractivity contribution in [3.05, 3.63) is 42.4 Å². The maximum absolute atomic E-state index is 12.8. The molecule has 4 rings (SSSR count). The summed E-state index contributed by atoms with van der Waals surface area (Å²) in [6.45, 7) is 2.32. The van der Waals surface area contributed by atoms with Gasteiger partial charge in [0.15, 0.2) is 5.76 Å². The molecule has 0 saturated carbocycles. The summed E-state index contributed by atoms with van der Waals surface area (Å²) < 4.78 is 13.2. The van der Waals surface area contributed by atoms with Crippen LogP contribution in [0.3, 0.4) is 0 Å². The topological polar surface area (TPSA) is 80.8 Å². The predicted molar refractivity (Wildman–Crippen MR) is 91.6 cm³/mol. The van der Waals surface area contributed by atoms with Crippen LogP contribution in [0, 0.1) is 0 Å². The Morgan fingerprint density at radius 2 is 2.19 bits per heavy atom. The average molecular weight is 358 g/mol. The number of hydrogen-bond acceptors (Lipinski definition) is 5. The molecule has 1 atom stereocenters. The first-order chi connectivity index (χ1) is 12.5. The van der Waals surface area contributed by atoms with Crippen molar-refractivity contribution in [3.63, 3.8) is 0 Å². The van der Waals surface area contributed by atoms with Gasteiger partial charge >= 0.3 is 6.09 Å². The number of carbonyl (C=O) groups excluding carboxylic acids is 2. The first kappa shape index (κ1) is 16.7. The smallest absolute Gasteiger partial charge is 0.410 e. The van der Waals surface area contributed by atoms with Gasteiger partial charge < -0.3 is 23.5 Å². The minimum Gasteiger partial charge on any atom is -0.454 e. The van der Waals surface area contributed by atoms with Gasteiger partial charge in [0.25, 0.3) is 5.91 Å². The Labute approximate surface area is 151 Å². The number of likely N-dealkylation sites (tertiary alicyclic amines) is 1. The molecule has 0 aromatic carbocycles. The lowest BCUT2D eigenvalue weighted by Gasteiger charge is -2.25. The zero-order valence-corrected chi connectivity index (χ0v) is 14.8. The van der Waals surface area contributed by atoms with Gasteiger partial charge in [0.05, 0.1) is 19.4 Å². The number of amides is 2. The first-order valence-electron chi connectivity index (χ1n) is 8.83. The van der Waals surface area contributed by atoms with Gasteiger partial charge in [-0.1, -0.05) is 0 Å². The normalized spacial score (nSPS) is 23.3. The highest BCUT2D eigenvalue weighted by molar-refractivity contribution is 5.91. The summed E-state index contributed by atoms with van der Waals surface area (Å²) in [7, 11) is 1.75. The van der Waals surface area contributed by atoms with Gasteiger partial charge in [-0.15, -0.1) is 0 Å². The number of nitrogens with zero attached hydrogens (tertiary/aromatic N) is 4. The zero-order valence-electron chi connectivity index (χ0n) is 14.8. The van der Waals surface area contributed by atoms with Crippen molar-refractivity contribution >= 4 is 12.0 Å². The van der Waals surface area contributed by atoms with E-state index in [0.29, 0.717) is 44.1 Å². The molecule has 26 heavy (non-hydrogen) atoms. The van der Waals surface area contributed by atoms with Gasteiger partial charge in [0.2, 0.25) is 0 Å². The van der Waals surface area contributed by atoms with E-state index in [9.17, 15) is 9.59 Å². The summed E-state index contributed by atoms with van der Waals surface area (Å²) >= 11 is 0. The molecule has 8 heteroatoms. The molecule has 0 unspecified atom stereocenters. The van der Waals surface area contributed by atoms with Crippen LogP contribution in [0.4, 0.5) is 4.79 Å². The van der Waals surface area contributed by atoms with Crippen molar-refractivity contribution < 1.29 is 18.7 Å². The van der Waals surface area contributed by atoms with E-state index in [4.69, 9.17) is 9.15 Å². The van der Waals surface area contributed by atoms with Gasteiger partial charge in [-0.2, -0.15) is 0 Å². The predicted octanol–water partition coefficient (Wildman–Crippen LogP) is 1.97. The second kappa shape index (κ2) is 6.51. The van der Waals surface area contributed by atoms with E-state index in [0.717, 1.165) is 12.8 Å². The van der Waals surface area contributed by atoms with Crippen molar-refractivity contribution in [1.29, 1.82) is 0 Å². The zero-order chi connectivity index (χ0) is 18.1. The molecule has 2 fully saturated rings. The van der Waals surface area contributed by atoms with Crippen LogP contribution in [0.1, 0.15) is 35.6 Å². The molecule has 2 aromatic rings. The summed E-state index contributed by atoms with van der Waals surface area (Å²) in [5, 5.41) is 0. The van der Waals surface area contributed by atoms with Crippen molar-refractivity contribution in [1.82, 2.24) is 19.4 Å². The highest BCUT2D eigenvalue weighted by Crippen LogP contribution is 2.33. The van der Waals surface area contributed by atoms with Crippen molar-refractivity contribution in [2.24, 2.45) is 0 Å². The summed E-state index contributed by atoms with van der Waals surface area (Å²) in [6.07, 6.45) is 7.20. The van der Waals surface area contributed by atoms with Crippen LogP contribution in [0.5, 0.6) is 0 Å². The van der Waals surface area contributed by atoms with Gasteiger partial charge in [0, 0.05) is 39.0 Å². The van der Waals surface area contributed by atoms with Crippen LogP contribution in [-0.2, 0) is 11.3 Å². The largest absolute Gasteiger partial charge is 0.454 e. The fraction of sp³-hybridized carbons (Fsp3) is 0.500. The number of ether oxygens (including phenoxy) is 1. The number of rotatable bonds is 3. The van der Waals surface area contributed by atoms with E-state index < -0.39 is 5.60 Å². The monoisotopic (exact) mass is 358 g/mol. The minimum atomic E-state index is -0.462.